The molecule has 1 heterocycles. The van der Waals surface area contributed by atoms with Crippen LogP contribution in [0.25, 0.3) is 0 Å². The van der Waals surface area contributed by atoms with Crippen LogP contribution < -0.4 is 0 Å². The molecule has 7 nitrogen and oxygen atoms in total. The SMILES string of the molecule is CCS(=O)(=O)c1ccc(C(=O)N2CCN(S(=O)(=O)c3ccc(C(C)C)cc3)CC2)cc1. The first-order valence-corrected chi connectivity index (χ1v) is 13.4. The quantitative estimate of drug-likeness (QED) is 0.656. The fourth-order valence-electron chi connectivity index (χ4n) is 3.46. The lowest BCUT2D eigenvalue weighted by molar-refractivity contribution is 0.0698. The Morgan fingerprint density at radius 1 is 0.839 bits per heavy atom. The molecule has 0 unspecified atom stereocenters. The average molecular weight is 465 g/mol. The summed E-state index contributed by atoms with van der Waals surface area (Å²) in [4.78, 5) is 14.8. The van der Waals surface area contributed by atoms with Gasteiger partial charge in [-0.1, -0.05) is 32.9 Å². The summed E-state index contributed by atoms with van der Waals surface area (Å²) in [6, 6.07) is 12.8. The highest BCUT2D eigenvalue weighted by Crippen LogP contribution is 2.22. The molecular formula is C22H28N2O5S2. The molecule has 3 rings (SSSR count). The summed E-state index contributed by atoms with van der Waals surface area (Å²) in [5, 5.41) is 0. The fraction of sp³-hybridized carbons (Fsp3) is 0.409. The van der Waals surface area contributed by atoms with Crippen LogP contribution >= 0.6 is 0 Å². The summed E-state index contributed by atoms with van der Waals surface area (Å²) >= 11 is 0. The molecule has 0 saturated carbocycles. The van der Waals surface area contributed by atoms with Gasteiger partial charge in [-0.05, 0) is 47.9 Å². The number of carbonyl (C=O) groups is 1. The number of sulfonamides is 1. The lowest BCUT2D eigenvalue weighted by atomic mass is 10.0. The zero-order valence-corrected chi connectivity index (χ0v) is 19.6. The van der Waals surface area contributed by atoms with Gasteiger partial charge in [-0.15, -0.1) is 0 Å². The summed E-state index contributed by atoms with van der Waals surface area (Å²) < 4.78 is 51.1. The molecule has 1 aliphatic heterocycles. The summed E-state index contributed by atoms with van der Waals surface area (Å²) in [7, 11) is -6.94. The van der Waals surface area contributed by atoms with E-state index >= 15 is 0 Å². The molecule has 0 bridgehead atoms. The number of rotatable bonds is 6. The van der Waals surface area contributed by atoms with E-state index in [0.717, 1.165) is 5.56 Å². The van der Waals surface area contributed by atoms with E-state index in [1.807, 2.05) is 12.1 Å². The van der Waals surface area contributed by atoms with Gasteiger partial charge in [0.2, 0.25) is 10.0 Å². The highest BCUT2D eigenvalue weighted by Gasteiger charge is 2.30. The van der Waals surface area contributed by atoms with Gasteiger partial charge in [0.25, 0.3) is 5.91 Å². The van der Waals surface area contributed by atoms with Gasteiger partial charge in [0.15, 0.2) is 9.84 Å². The van der Waals surface area contributed by atoms with Crippen molar-refractivity contribution >= 4 is 25.8 Å². The lowest BCUT2D eigenvalue weighted by Crippen LogP contribution is -2.50. The molecule has 1 aliphatic rings. The molecule has 9 heteroatoms. The van der Waals surface area contributed by atoms with E-state index in [1.54, 1.807) is 24.0 Å². The van der Waals surface area contributed by atoms with Crippen molar-refractivity contribution in [2.24, 2.45) is 0 Å². The number of nitrogens with zero attached hydrogens (tertiary/aromatic N) is 2. The molecule has 0 radical (unpaired) electrons. The van der Waals surface area contributed by atoms with Gasteiger partial charge in [0, 0.05) is 31.7 Å². The first-order chi connectivity index (χ1) is 14.6. The maximum absolute atomic E-state index is 12.9. The minimum absolute atomic E-state index is 0.00305. The Labute approximate surface area is 184 Å². The van der Waals surface area contributed by atoms with Crippen molar-refractivity contribution in [2.45, 2.75) is 36.5 Å². The average Bonchev–Trinajstić information content (AvgIpc) is 2.78. The third-order valence-corrected chi connectivity index (χ3v) is 9.21. The second-order valence-corrected chi connectivity index (χ2v) is 12.1. The standard InChI is InChI=1S/C22H28N2O5S2/c1-4-30(26,27)20-9-7-19(8-10-20)22(25)23-13-15-24(16-14-23)31(28,29)21-11-5-18(6-12-21)17(2)3/h5-12,17H,4,13-16H2,1-3H3. The van der Waals surface area contributed by atoms with Crippen molar-refractivity contribution in [1.29, 1.82) is 0 Å². The Balaban J connectivity index is 1.66. The summed E-state index contributed by atoms with van der Waals surface area (Å²) in [5.41, 5.74) is 1.46. The van der Waals surface area contributed by atoms with E-state index in [4.69, 9.17) is 0 Å². The van der Waals surface area contributed by atoms with E-state index in [-0.39, 0.29) is 47.6 Å². The molecule has 0 spiro atoms. The number of carbonyl (C=O) groups excluding carboxylic acids is 1. The van der Waals surface area contributed by atoms with Crippen molar-refractivity contribution in [1.82, 2.24) is 9.21 Å². The maximum Gasteiger partial charge on any atom is 0.253 e. The van der Waals surface area contributed by atoms with E-state index in [0.29, 0.717) is 11.5 Å². The molecular weight excluding hydrogens is 436 g/mol. The van der Waals surface area contributed by atoms with Crippen LogP contribution in [0.5, 0.6) is 0 Å². The zero-order chi connectivity index (χ0) is 22.8. The number of benzene rings is 2. The molecule has 31 heavy (non-hydrogen) atoms. The summed E-state index contributed by atoms with van der Waals surface area (Å²) in [6.07, 6.45) is 0. The molecule has 0 N–H and O–H groups in total. The van der Waals surface area contributed by atoms with Gasteiger partial charge < -0.3 is 4.90 Å². The molecule has 1 fully saturated rings. The Morgan fingerprint density at radius 2 is 1.35 bits per heavy atom. The van der Waals surface area contributed by atoms with Crippen molar-refractivity contribution < 1.29 is 21.6 Å². The third kappa shape index (κ3) is 4.99. The number of hydrogen-bond acceptors (Lipinski definition) is 5. The highest BCUT2D eigenvalue weighted by atomic mass is 32.2. The van der Waals surface area contributed by atoms with Crippen LogP contribution in [0.15, 0.2) is 58.3 Å². The Kier molecular flexibility index (Phi) is 6.88. The van der Waals surface area contributed by atoms with Gasteiger partial charge in [0.05, 0.1) is 15.5 Å². The number of amides is 1. The van der Waals surface area contributed by atoms with Gasteiger partial charge in [0.1, 0.15) is 0 Å². The largest absolute Gasteiger partial charge is 0.336 e. The summed E-state index contributed by atoms with van der Waals surface area (Å²) in [5.74, 6) is 0.0814. The number of piperazine rings is 1. The van der Waals surface area contributed by atoms with Crippen molar-refractivity contribution in [3.63, 3.8) is 0 Å². The van der Waals surface area contributed by atoms with E-state index in [9.17, 15) is 21.6 Å². The fourth-order valence-corrected chi connectivity index (χ4v) is 5.77. The molecule has 0 atom stereocenters. The van der Waals surface area contributed by atoms with Crippen LogP contribution in [0.2, 0.25) is 0 Å². The Bertz CT molecular complexity index is 1130. The second-order valence-electron chi connectivity index (χ2n) is 7.85. The van der Waals surface area contributed by atoms with Crippen LogP contribution in [0.3, 0.4) is 0 Å². The van der Waals surface area contributed by atoms with Crippen molar-refractivity contribution in [2.75, 3.05) is 31.9 Å². The predicted molar refractivity (Wildman–Crippen MR) is 119 cm³/mol. The Morgan fingerprint density at radius 3 is 1.84 bits per heavy atom. The highest BCUT2D eigenvalue weighted by molar-refractivity contribution is 7.91. The molecule has 168 valence electrons. The topological polar surface area (TPSA) is 91.8 Å². The van der Waals surface area contributed by atoms with Crippen LogP contribution in [-0.4, -0.2) is 63.9 Å². The van der Waals surface area contributed by atoms with Crippen molar-refractivity contribution in [3.05, 3.63) is 59.7 Å². The first-order valence-electron chi connectivity index (χ1n) is 10.3. The molecule has 0 aliphatic carbocycles. The van der Waals surface area contributed by atoms with Crippen LogP contribution in [0, 0.1) is 0 Å². The molecule has 2 aromatic rings. The van der Waals surface area contributed by atoms with Gasteiger partial charge in [-0.25, -0.2) is 16.8 Å². The second kappa shape index (κ2) is 9.10. The van der Waals surface area contributed by atoms with Crippen molar-refractivity contribution in [3.8, 4) is 0 Å². The maximum atomic E-state index is 12.9. The summed E-state index contributed by atoms with van der Waals surface area (Å²) in [6.45, 7) is 6.64. The van der Waals surface area contributed by atoms with Crippen LogP contribution in [0.4, 0.5) is 0 Å². The normalized spacial score (nSPS) is 15.9. The monoisotopic (exact) mass is 464 g/mol. The number of hydrogen-bond donors (Lipinski definition) is 0. The first kappa shape index (κ1) is 23.4. The van der Waals surface area contributed by atoms with Crippen LogP contribution in [-0.2, 0) is 19.9 Å². The van der Waals surface area contributed by atoms with Crippen LogP contribution in [0.1, 0.15) is 42.6 Å². The van der Waals surface area contributed by atoms with E-state index in [1.165, 1.54) is 28.6 Å². The molecule has 1 amide bonds. The lowest BCUT2D eigenvalue weighted by Gasteiger charge is -2.34. The predicted octanol–water partition coefficient (Wildman–Crippen LogP) is 2.75. The van der Waals surface area contributed by atoms with Gasteiger partial charge in [-0.2, -0.15) is 4.31 Å². The van der Waals surface area contributed by atoms with E-state index in [2.05, 4.69) is 13.8 Å². The molecule has 1 saturated heterocycles. The minimum Gasteiger partial charge on any atom is -0.336 e. The minimum atomic E-state index is -3.61. The van der Waals surface area contributed by atoms with E-state index < -0.39 is 19.9 Å². The van der Waals surface area contributed by atoms with Gasteiger partial charge in [-0.3, -0.25) is 4.79 Å². The smallest absolute Gasteiger partial charge is 0.253 e. The zero-order valence-electron chi connectivity index (χ0n) is 18.0. The number of sulfone groups is 1. The van der Waals surface area contributed by atoms with Gasteiger partial charge >= 0.3 is 0 Å². The third-order valence-electron chi connectivity index (χ3n) is 5.55. The molecule has 2 aromatic carbocycles. The Hall–Kier alpha value is -2.23. The molecule has 0 aromatic heterocycles.